The van der Waals surface area contributed by atoms with Gasteiger partial charge in [-0.2, -0.15) is 0 Å². The first-order valence-corrected chi connectivity index (χ1v) is 10.0. The summed E-state index contributed by atoms with van der Waals surface area (Å²) in [4.78, 5) is 12.3. The molecular weight excluding hydrogens is 384 g/mol. The highest BCUT2D eigenvalue weighted by Crippen LogP contribution is 2.38. The molecule has 0 radical (unpaired) electrons. The van der Waals surface area contributed by atoms with E-state index in [-0.39, 0.29) is 18.0 Å². The van der Waals surface area contributed by atoms with Crippen LogP contribution in [-0.2, 0) is 24.4 Å². The Hall–Kier alpha value is -2.57. The SMILES string of the molecule is COCCOCCOC(=O)CCC(C)(c1ccc(OC)cc1)c1ccc(OC)cc1. The molecule has 0 amide bonds. The summed E-state index contributed by atoms with van der Waals surface area (Å²) in [6, 6.07) is 15.9. The van der Waals surface area contributed by atoms with Crippen molar-refractivity contribution in [1.82, 2.24) is 0 Å². The molecule has 6 heteroatoms. The fourth-order valence-corrected chi connectivity index (χ4v) is 3.26. The van der Waals surface area contributed by atoms with E-state index in [2.05, 4.69) is 6.92 Å². The van der Waals surface area contributed by atoms with Crippen LogP contribution in [0.25, 0.3) is 0 Å². The zero-order valence-electron chi connectivity index (χ0n) is 18.3. The third-order valence-electron chi connectivity index (χ3n) is 5.21. The highest BCUT2D eigenvalue weighted by molar-refractivity contribution is 5.69. The smallest absolute Gasteiger partial charge is 0.305 e. The number of methoxy groups -OCH3 is 3. The van der Waals surface area contributed by atoms with Crippen LogP contribution in [-0.4, -0.2) is 53.7 Å². The quantitative estimate of drug-likeness (QED) is 0.363. The van der Waals surface area contributed by atoms with Gasteiger partial charge >= 0.3 is 5.97 Å². The highest BCUT2D eigenvalue weighted by atomic mass is 16.6. The van der Waals surface area contributed by atoms with Gasteiger partial charge in [-0.15, -0.1) is 0 Å². The molecular formula is C24H32O6. The third-order valence-corrected chi connectivity index (χ3v) is 5.21. The van der Waals surface area contributed by atoms with Crippen LogP contribution in [0.1, 0.15) is 30.9 Å². The summed E-state index contributed by atoms with van der Waals surface area (Å²) in [5.41, 5.74) is 1.83. The van der Waals surface area contributed by atoms with Crippen molar-refractivity contribution in [3.63, 3.8) is 0 Å². The lowest BCUT2D eigenvalue weighted by molar-refractivity contribution is -0.145. The van der Waals surface area contributed by atoms with E-state index in [1.165, 1.54) is 0 Å². The van der Waals surface area contributed by atoms with Crippen LogP contribution in [0, 0.1) is 0 Å². The zero-order chi connectivity index (χ0) is 21.8. The van der Waals surface area contributed by atoms with Gasteiger partial charge < -0.3 is 23.7 Å². The number of benzene rings is 2. The molecule has 0 heterocycles. The van der Waals surface area contributed by atoms with E-state index >= 15 is 0 Å². The van der Waals surface area contributed by atoms with Gasteiger partial charge in [-0.1, -0.05) is 31.2 Å². The first-order chi connectivity index (χ1) is 14.5. The number of ether oxygens (including phenoxy) is 5. The number of rotatable bonds is 13. The number of esters is 1. The van der Waals surface area contributed by atoms with Gasteiger partial charge in [0.15, 0.2) is 0 Å². The summed E-state index contributed by atoms with van der Waals surface area (Å²) in [7, 11) is 4.91. The molecule has 0 N–H and O–H groups in total. The number of hydrogen-bond donors (Lipinski definition) is 0. The first kappa shape index (κ1) is 23.7. The van der Waals surface area contributed by atoms with Crippen molar-refractivity contribution in [3.05, 3.63) is 59.7 Å². The normalized spacial score (nSPS) is 11.2. The molecule has 0 bridgehead atoms. The minimum absolute atomic E-state index is 0.237. The van der Waals surface area contributed by atoms with E-state index in [4.69, 9.17) is 23.7 Å². The summed E-state index contributed by atoms with van der Waals surface area (Å²) < 4.78 is 26.1. The van der Waals surface area contributed by atoms with Gasteiger partial charge in [-0.3, -0.25) is 4.79 Å². The second-order valence-corrected chi connectivity index (χ2v) is 7.11. The van der Waals surface area contributed by atoms with Gasteiger partial charge in [-0.05, 0) is 41.8 Å². The maximum absolute atomic E-state index is 12.3. The van der Waals surface area contributed by atoms with Crippen molar-refractivity contribution < 1.29 is 28.5 Å². The van der Waals surface area contributed by atoms with Crippen LogP contribution < -0.4 is 9.47 Å². The summed E-state index contributed by atoms with van der Waals surface area (Å²) >= 11 is 0. The van der Waals surface area contributed by atoms with Crippen molar-refractivity contribution >= 4 is 5.97 Å². The van der Waals surface area contributed by atoms with Gasteiger partial charge in [0, 0.05) is 18.9 Å². The molecule has 6 nitrogen and oxygen atoms in total. The minimum Gasteiger partial charge on any atom is -0.497 e. The van der Waals surface area contributed by atoms with E-state index < -0.39 is 0 Å². The van der Waals surface area contributed by atoms with Gasteiger partial charge in [0.25, 0.3) is 0 Å². The van der Waals surface area contributed by atoms with E-state index in [1.54, 1.807) is 21.3 Å². The van der Waals surface area contributed by atoms with Crippen molar-refractivity contribution in [2.75, 3.05) is 47.8 Å². The van der Waals surface area contributed by atoms with Crippen LogP contribution >= 0.6 is 0 Å². The second kappa shape index (κ2) is 12.2. The summed E-state index contributed by atoms with van der Waals surface area (Å²) in [5.74, 6) is 1.35. The summed E-state index contributed by atoms with van der Waals surface area (Å²) in [6.07, 6.45) is 0.904. The number of carbonyl (C=O) groups excluding carboxylic acids is 1. The van der Waals surface area contributed by atoms with Gasteiger partial charge in [0.1, 0.15) is 18.1 Å². The Morgan fingerprint density at radius 3 is 1.73 bits per heavy atom. The molecule has 2 aromatic carbocycles. The lowest BCUT2D eigenvalue weighted by Gasteiger charge is -2.31. The maximum Gasteiger partial charge on any atom is 0.305 e. The average molecular weight is 417 g/mol. The first-order valence-electron chi connectivity index (χ1n) is 10.0. The van der Waals surface area contributed by atoms with Gasteiger partial charge in [0.2, 0.25) is 0 Å². The lowest BCUT2D eigenvalue weighted by atomic mass is 9.73. The Morgan fingerprint density at radius 2 is 1.27 bits per heavy atom. The summed E-state index contributed by atoms with van der Waals surface area (Å²) in [6.45, 7) is 3.75. The van der Waals surface area contributed by atoms with Gasteiger partial charge in [-0.25, -0.2) is 0 Å². The van der Waals surface area contributed by atoms with Crippen molar-refractivity contribution in [1.29, 1.82) is 0 Å². The largest absolute Gasteiger partial charge is 0.497 e. The molecule has 164 valence electrons. The molecule has 0 aliphatic heterocycles. The molecule has 0 aromatic heterocycles. The van der Waals surface area contributed by atoms with E-state index in [0.717, 1.165) is 22.6 Å². The maximum atomic E-state index is 12.3. The fraction of sp³-hybridized carbons (Fsp3) is 0.458. The Balaban J connectivity index is 2.06. The lowest BCUT2D eigenvalue weighted by Crippen LogP contribution is -2.25. The molecule has 0 atom stereocenters. The van der Waals surface area contributed by atoms with Gasteiger partial charge in [0.05, 0.1) is 34.0 Å². The Bertz CT molecular complexity index is 707. The molecule has 0 saturated heterocycles. The van der Waals surface area contributed by atoms with Crippen molar-refractivity contribution in [2.45, 2.75) is 25.2 Å². The number of carbonyl (C=O) groups is 1. The molecule has 0 spiro atoms. The molecule has 0 unspecified atom stereocenters. The Kier molecular flexibility index (Phi) is 9.64. The molecule has 2 aromatic rings. The standard InChI is InChI=1S/C24H32O6/c1-24(19-5-9-21(27-3)10-6-19,20-7-11-22(28-4)12-8-20)14-13-23(25)30-18-17-29-16-15-26-2/h5-12H,13-18H2,1-4H3. The highest BCUT2D eigenvalue weighted by Gasteiger charge is 2.30. The van der Waals surface area contributed by atoms with Crippen LogP contribution in [0.3, 0.4) is 0 Å². The molecule has 0 aliphatic carbocycles. The topological polar surface area (TPSA) is 63.2 Å². The van der Waals surface area contributed by atoms with Crippen LogP contribution in [0.15, 0.2) is 48.5 Å². The van der Waals surface area contributed by atoms with Crippen LogP contribution in [0.4, 0.5) is 0 Å². The predicted molar refractivity (Wildman–Crippen MR) is 115 cm³/mol. The number of hydrogen-bond acceptors (Lipinski definition) is 6. The van der Waals surface area contributed by atoms with E-state index in [9.17, 15) is 4.79 Å². The Labute approximate surface area is 179 Å². The molecule has 0 fully saturated rings. The van der Waals surface area contributed by atoms with Crippen molar-refractivity contribution in [2.24, 2.45) is 0 Å². The van der Waals surface area contributed by atoms with E-state index in [1.807, 2.05) is 48.5 Å². The molecule has 0 saturated carbocycles. The average Bonchev–Trinajstić information content (AvgIpc) is 2.80. The monoisotopic (exact) mass is 416 g/mol. The molecule has 30 heavy (non-hydrogen) atoms. The zero-order valence-corrected chi connectivity index (χ0v) is 18.3. The molecule has 2 rings (SSSR count). The van der Waals surface area contributed by atoms with Crippen molar-refractivity contribution in [3.8, 4) is 11.5 Å². The molecule has 0 aliphatic rings. The third kappa shape index (κ3) is 6.75. The van der Waals surface area contributed by atoms with E-state index in [0.29, 0.717) is 32.7 Å². The fourth-order valence-electron chi connectivity index (χ4n) is 3.26. The second-order valence-electron chi connectivity index (χ2n) is 7.11. The minimum atomic E-state index is -0.369. The van der Waals surface area contributed by atoms with Crippen LogP contribution in [0.5, 0.6) is 11.5 Å². The summed E-state index contributed by atoms with van der Waals surface area (Å²) in [5, 5.41) is 0. The van der Waals surface area contributed by atoms with Crippen LogP contribution in [0.2, 0.25) is 0 Å². The predicted octanol–water partition coefficient (Wildman–Crippen LogP) is 4.00. The Morgan fingerprint density at radius 1 is 0.767 bits per heavy atom.